The minimum Gasteiger partial charge on any atom is -0.369 e. The summed E-state index contributed by atoms with van der Waals surface area (Å²) in [4.78, 5) is 8.00. The smallest absolute Gasteiger partial charge is 0.369 e. The molecule has 0 amide bonds. The number of benzene rings is 2. The molecule has 2 heterocycles. The highest BCUT2D eigenvalue weighted by atomic mass is 19.4. The van der Waals surface area contributed by atoms with Crippen LogP contribution in [0.2, 0.25) is 0 Å². The van der Waals surface area contributed by atoms with Gasteiger partial charge in [0.05, 0.1) is 5.56 Å². The van der Waals surface area contributed by atoms with Crippen LogP contribution in [0.3, 0.4) is 0 Å². The second kappa shape index (κ2) is 7.51. The number of nitrogens with zero attached hydrogens (tertiary/aromatic N) is 2. The molecule has 148 valence electrons. The number of hydrogen-bond donors (Lipinski definition) is 1. The Labute approximate surface area is 162 Å². The van der Waals surface area contributed by atoms with Gasteiger partial charge >= 0.3 is 6.18 Å². The summed E-state index contributed by atoms with van der Waals surface area (Å²) in [6.07, 6.45) is -3.57. The Bertz CT molecular complexity index is 939. The van der Waals surface area contributed by atoms with Crippen LogP contribution in [0.25, 0.3) is 10.9 Å². The van der Waals surface area contributed by atoms with E-state index in [2.05, 4.69) is 39.0 Å². The van der Waals surface area contributed by atoms with Gasteiger partial charge < -0.3 is 9.88 Å². The fraction of sp³-hybridized carbons (Fsp3) is 0.364. The van der Waals surface area contributed by atoms with E-state index in [0.29, 0.717) is 5.39 Å². The van der Waals surface area contributed by atoms with Gasteiger partial charge in [0.1, 0.15) is 0 Å². The SMILES string of the molecule is Cc1[nH]c2ccc(C(F)(F)F)cc2c1CCN1CCN(c2ccccc2)CC1. The van der Waals surface area contributed by atoms with E-state index in [-0.39, 0.29) is 0 Å². The fourth-order valence-electron chi connectivity index (χ4n) is 4.02. The van der Waals surface area contributed by atoms with E-state index in [0.717, 1.165) is 62.0 Å². The molecule has 1 fully saturated rings. The number of fused-ring (bicyclic) bond motifs is 1. The van der Waals surface area contributed by atoms with Crippen LogP contribution in [0.4, 0.5) is 18.9 Å². The Morgan fingerprint density at radius 1 is 0.964 bits per heavy atom. The van der Waals surface area contributed by atoms with E-state index >= 15 is 0 Å². The van der Waals surface area contributed by atoms with Crippen LogP contribution in [0.5, 0.6) is 0 Å². The van der Waals surface area contributed by atoms with E-state index in [4.69, 9.17) is 0 Å². The summed E-state index contributed by atoms with van der Waals surface area (Å²) in [6, 6.07) is 14.3. The lowest BCUT2D eigenvalue weighted by Gasteiger charge is -2.36. The first kappa shape index (κ1) is 18.9. The fourth-order valence-corrected chi connectivity index (χ4v) is 4.02. The molecule has 0 radical (unpaired) electrons. The van der Waals surface area contributed by atoms with Crippen LogP contribution in [-0.4, -0.2) is 42.6 Å². The zero-order valence-electron chi connectivity index (χ0n) is 15.9. The van der Waals surface area contributed by atoms with Gasteiger partial charge in [-0.1, -0.05) is 18.2 Å². The first-order chi connectivity index (χ1) is 13.4. The number of piperazine rings is 1. The number of nitrogens with one attached hydrogen (secondary N) is 1. The van der Waals surface area contributed by atoms with E-state index < -0.39 is 11.7 Å². The second-order valence-electron chi connectivity index (χ2n) is 7.40. The largest absolute Gasteiger partial charge is 0.416 e. The van der Waals surface area contributed by atoms with Crippen LogP contribution in [0, 0.1) is 6.92 Å². The summed E-state index contributed by atoms with van der Waals surface area (Å²) in [5, 5.41) is 0.690. The minimum atomic E-state index is -4.32. The average Bonchev–Trinajstić information content (AvgIpc) is 3.01. The molecule has 1 aromatic heterocycles. The molecular weight excluding hydrogens is 363 g/mol. The van der Waals surface area contributed by atoms with Crippen molar-refractivity contribution < 1.29 is 13.2 Å². The molecule has 0 aliphatic carbocycles. The van der Waals surface area contributed by atoms with Crippen molar-refractivity contribution in [2.45, 2.75) is 19.5 Å². The minimum absolute atomic E-state index is 0.586. The van der Waals surface area contributed by atoms with E-state index in [1.807, 2.05) is 13.0 Å². The van der Waals surface area contributed by atoms with Gasteiger partial charge in [-0.25, -0.2) is 0 Å². The number of para-hydroxylation sites is 1. The van der Waals surface area contributed by atoms with Gasteiger partial charge in [0.15, 0.2) is 0 Å². The third-order valence-corrected chi connectivity index (χ3v) is 5.62. The molecule has 6 heteroatoms. The lowest BCUT2D eigenvalue weighted by Crippen LogP contribution is -2.47. The van der Waals surface area contributed by atoms with E-state index in [1.54, 1.807) is 0 Å². The van der Waals surface area contributed by atoms with Crippen molar-refractivity contribution >= 4 is 16.6 Å². The van der Waals surface area contributed by atoms with Crippen molar-refractivity contribution in [3.05, 3.63) is 65.4 Å². The van der Waals surface area contributed by atoms with Gasteiger partial charge in [-0.2, -0.15) is 13.2 Å². The first-order valence-electron chi connectivity index (χ1n) is 9.62. The van der Waals surface area contributed by atoms with Crippen molar-refractivity contribution in [3.8, 4) is 0 Å². The molecule has 0 unspecified atom stereocenters. The normalized spacial score (nSPS) is 16.1. The quantitative estimate of drug-likeness (QED) is 0.691. The standard InChI is InChI=1S/C22H24F3N3/c1-16-19(20-15-17(22(23,24)25)7-8-21(20)26-16)9-10-27-11-13-28(14-12-27)18-5-3-2-4-6-18/h2-8,15,26H,9-14H2,1H3. The third kappa shape index (κ3) is 3.87. The number of rotatable bonds is 4. The topological polar surface area (TPSA) is 22.3 Å². The average molecular weight is 387 g/mol. The lowest BCUT2D eigenvalue weighted by molar-refractivity contribution is -0.137. The summed E-state index contributed by atoms with van der Waals surface area (Å²) in [6.45, 7) is 6.65. The third-order valence-electron chi connectivity index (χ3n) is 5.62. The van der Waals surface area contributed by atoms with Gasteiger partial charge in [-0.3, -0.25) is 4.90 Å². The maximum Gasteiger partial charge on any atom is 0.416 e. The number of alkyl halides is 3. The lowest BCUT2D eigenvalue weighted by atomic mass is 10.0. The van der Waals surface area contributed by atoms with Crippen LogP contribution in [0.1, 0.15) is 16.8 Å². The molecule has 2 aromatic carbocycles. The maximum absolute atomic E-state index is 13.1. The molecule has 1 aliphatic heterocycles. The van der Waals surface area contributed by atoms with Crippen molar-refractivity contribution in [2.24, 2.45) is 0 Å². The number of aromatic nitrogens is 1. The molecule has 0 atom stereocenters. The van der Waals surface area contributed by atoms with Crippen LogP contribution in [-0.2, 0) is 12.6 Å². The van der Waals surface area contributed by atoms with Crippen molar-refractivity contribution in [2.75, 3.05) is 37.6 Å². The second-order valence-corrected chi connectivity index (χ2v) is 7.40. The summed E-state index contributed by atoms with van der Waals surface area (Å²) in [5.41, 5.74) is 3.38. The van der Waals surface area contributed by atoms with E-state index in [1.165, 1.54) is 17.8 Å². The Balaban J connectivity index is 1.43. The molecule has 1 saturated heterocycles. The molecule has 3 nitrogen and oxygen atoms in total. The van der Waals surface area contributed by atoms with Crippen LogP contribution in [0.15, 0.2) is 48.5 Å². The molecular formula is C22H24F3N3. The Morgan fingerprint density at radius 3 is 2.36 bits per heavy atom. The highest BCUT2D eigenvalue weighted by molar-refractivity contribution is 5.85. The van der Waals surface area contributed by atoms with Crippen molar-refractivity contribution in [3.63, 3.8) is 0 Å². The molecule has 3 aromatic rings. The maximum atomic E-state index is 13.1. The van der Waals surface area contributed by atoms with Crippen LogP contribution < -0.4 is 4.90 Å². The van der Waals surface area contributed by atoms with Gasteiger partial charge in [0.2, 0.25) is 0 Å². The highest BCUT2D eigenvalue weighted by Gasteiger charge is 2.31. The zero-order valence-corrected chi connectivity index (χ0v) is 15.9. The predicted octanol–water partition coefficient (Wildman–Crippen LogP) is 4.86. The molecule has 1 aliphatic rings. The van der Waals surface area contributed by atoms with Gasteiger partial charge in [0, 0.05) is 55.0 Å². The summed E-state index contributed by atoms with van der Waals surface area (Å²) >= 11 is 0. The van der Waals surface area contributed by atoms with Crippen molar-refractivity contribution in [1.29, 1.82) is 0 Å². The monoisotopic (exact) mass is 387 g/mol. The molecule has 4 rings (SSSR count). The van der Waals surface area contributed by atoms with Crippen LogP contribution >= 0.6 is 0 Å². The number of hydrogen-bond acceptors (Lipinski definition) is 2. The Morgan fingerprint density at radius 2 is 1.68 bits per heavy atom. The molecule has 0 spiro atoms. The summed E-state index contributed by atoms with van der Waals surface area (Å²) < 4.78 is 39.3. The Hall–Kier alpha value is -2.47. The first-order valence-corrected chi connectivity index (χ1v) is 9.62. The number of anilines is 1. The molecule has 28 heavy (non-hydrogen) atoms. The van der Waals surface area contributed by atoms with Gasteiger partial charge in [0.25, 0.3) is 0 Å². The van der Waals surface area contributed by atoms with E-state index in [9.17, 15) is 13.2 Å². The van der Waals surface area contributed by atoms with Gasteiger partial charge in [-0.05, 0) is 49.2 Å². The summed E-state index contributed by atoms with van der Waals surface area (Å²) in [7, 11) is 0. The highest BCUT2D eigenvalue weighted by Crippen LogP contribution is 2.33. The Kier molecular flexibility index (Phi) is 5.06. The van der Waals surface area contributed by atoms with Gasteiger partial charge in [-0.15, -0.1) is 0 Å². The predicted molar refractivity (Wildman–Crippen MR) is 107 cm³/mol. The summed E-state index contributed by atoms with van der Waals surface area (Å²) in [5.74, 6) is 0. The number of halogens is 3. The number of H-pyrrole nitrogens is 1. The molecule has 1 N–H and O–H groups in total. The molecule has 0 bridgehead atoms. The number of aromatic amines is 1. The molecule has 0 saturated carbocycles. The van der Waals surface area contributed by atoms with Crippen molar-refractivity contribution in [1.82, 2.24) is 9.88 Å². The number of aryl methyl sites for hydroxylation is 1. The zero-order chi connectivity index (χ0) is 19.7.